The molecule has 134 valence electrons. The molecule has 0 aliphatic rings. The van der Waals surface area contributed by atoms with Crippen molar-refractivity contribution in [2.24, 2.45) is 0 Å². The second-order valence-corrected chi connectivity index (χ2v) is 6.55. The predicted molar refractivity (Wildman–Crippen MR) is 111 cm³/mol. The maximum absolute atomic E-state index is 12.5. The van der Waals surface area contributed by atoms with Gasteiger partial charge < -0.3 is 9.67 Å². The number of ketones is 1. The molecule has 0 fully saturated rings. The molecule has 0 unspecified atom stereocenters. The Morgan fingerprint density at radius 3 is 2.52 bits per heavy atom. The van der Waals surface area contributed by atoms with E-state index in [0.29, 0.717) is 11.1 Å². The smallest absolute Gasteiger partial charge is 0.186 e. The Balaban J connectivity index is 1.73. The van der Waals surface area contributed by atoms with E-state index in [1.54, 1.807) is 18.2 Å². The first-order valence-electron chi connectivity index (χ1n) is 9.15. The SMILES string of the molecule is CCn1c2ccccc2c2cc(/C=C/C(=O)c3ccccc3CO)ccc21. The number of aromatic nitrogens is 1. The maximum Gasteiger partial charge on any atom is 0.186 e. The Hall–Kier alpha value is -3.17. The fourth-order valence-electron chi connectivity index (χ4n) is 3.68. The molecule has 4 rings (SSSR count). The second kappa shape index (κ2) is 7.22. The molecule has 0 atom stereocenters. The van der Waals surface area contributed by atoms with E-state index in [1.807, 2.05) is 24.3 Å². The second-order valence-electron chi connectivity index (χ2n) is 6.55. The van der Waals surface area contributed by atoms with Crippen molar-refractivity contribution in [2.45, 2.75) is 20.1 Å². The van der Waals surface area contributed by atoms with Crippen LogP contribution in [0.2, 0.25) is 0 Å². The lowest BCUT2D eigenvalue weighted by Gasteiger charge is -2.03. The molecule has 1 N–H and O–H groups in total. The van der Waals surface area contributed by atoms with Gasteiger partial charge in [0, 0.05) is 33.9 Å². The highest BCUT2D eigenvalue weighted by atomic mass is 16.3. The van der Waals surface area contributed by atoms with Crippen LogP contribution in [-0.2, 0) is 13.2 Å². The number of rotatable bonds is 5. The van der Waals surface area contributed by atoms with Gasteiger partial charge >= 0.3 is 0 Å². The van der Waals surface area contributed by atoms with Crippen LogP contribution in [0.5, 0.6) is 0 Å². The Bertz CT molecular complexity index is 1170. The summed E-state index contributed by atoms with van der Waals surface area (Å²) in [5, 5.41) is 11.8. The minimum atomic E-state index is -0.141. The zero-order chi connectivity index (χ0) is 18.8. The number of fused-ring (bicyclic) bond motifs is 3. The zero-order valence-corrected chi connectivity index (χ0v) is 15.2. The van der Waals surface area contributed by atoms with Gasteiger partial charge in [-0.3, -0.25) is 4.79 Å². The molecule has 0 aliphatic carbocycles. The minimum Gasteiger partial charge on any atom is -0.392 e. The molecule has 1 aromatic heterocycles. The first kappa shape index (κ1) is 17.3. The van der Waals surface area contributed by atoms with E-state index in [4.69, 9.17) is 0 Å². The fraction of sp³-hybridized carbons (Fsp3) is 0.125. The van der Waals surface area contributed by atoms with Crippen LogP contribution in [0.4, 0.5) is 0 Å². The number of hydrogen-bond donors (Lipinski definition) is 1. The lowest BCUT2D eigenvalue weighted by Crippen LogP contribution is -2.00. The van der Waals surface area contributed by atoms with Gasteiger partial charge in [0.2, 0.25) is 0 Å². The van der Waals surface area contributed by atoms with E-state index >= 15 is 0 Å². The van der Waals surface area contributed by atoms with Gasteiger partial charge in [0.25, 0.3) is 0 Å². The molecule has 0 saturated heterocycles. The highest BCUT2D eigenvalue weighted by molar-refractivity contribution is 6.10. The number of aliphatic hydroxyl groups excluding tert-OH is 1. The molecule has 3 nitrogen and oxygen atoms in total. The fourth-order valence-corrected chi connectivity index (χ4v) is 3.68. The van der Waals surface area contributed by atoms with Gasteiger partial charge in [0.1, 0.15) is 0 Å². The third kappa shape index (κ3) is 3.07. The number of aryl methyl sites for hydroxylation is 1. The first-order valence-corrected chi connectivity index (χ1v) is 9.15. The van der Waals surface area contributed by atoms with Crippen LogP contribution >= 0.6 is 0 Å². The summed E-state index contributed by atoms with van der Waals surface area (Å²) in [5.74, 6) is -0.101. The van der Waals surface area contributed by atoms with Gasteiger partial charge in [0.05, 0.1) is 6.61 Å². The Labute approximate surface area is 158 Å². The number of para-hydroxylation sites is 1. The molecule has 0 aliphatic heterocycles. The van der Waals surface area contributed by atoms with Crippen molar-refractivity contribution in [1.82, 2.24) is 4.57 Å². The Morgan fingerprint density at radius 1 is 0.963 bits per heavy atom. The molecule has 0 bridgehead atoms. The van der Waals surface area contributed by atoms with Crippen LogP contribution in [0.25, 0.3) is 27.9 Å². The van der Waals surface area contributed by atoms with E-state index in [1.165, 1.54) is 21.8 Å². The summed E-state index contributed by atoms with van der Waals surface area (Å²) in [4.78, 5) is 12.5. The molecule has 0 saturated carbocycles. The van der Waals surface area contributed by atoms with Gasteiger partial charge in [-0.2, -0.15) is 0 Å². The summed E-state index contributed by atoms with van der Waals surface area (Å²) in [6.45, 7) is 2.92. The Morgan fingerprint density at radius 2 is 1.70 bits per heavy atom. The summed E-state index contributed by atoms with van der Waals surface area (Å²) in [5.41, 5.74) is 4.60. The van der Waals surface area contributed by atoms with E-state index in [-0.39, 0.29) is 12.4 Å². The number of allylic oxidation sites excluding steroid dienone is 1. The Kier molecular flexibility index (Phi) is 4.61. The van der Waals surface area contributed by atoms with Gasteiger partial charge in [0.15, 0.2) is 5.78 Å². The van der Waals surface area contributed by atoms with Crippen LogP contribution in [0.3, 0.4) is 0 Å². The molecule has 0 amide bonds. The highest BCUT2D eigenvalue weighted by Gasteiger charge is 2.10. The topological polar surface area (TPSA) is 42.2 Å². The van der Waals surface area contributed by atoms with Gasteiger partial charge in [-0.1, -0.05) is 54.6 Å². The van der Waals surface area contributed by atoms with E-state index < -0.39 is 0 Å². The molecule has 1 heterocycles. The van der Waals surface area contributed by atoms with Crippen LogP contribution < -0.4 is 0 Å². The summed E-state index contributed by atoms with van der Waals surface area (Å²) in [6.07, 6.45) is 3.42. The molecule has 4 aromatic rings. The third-order valence-corrected chi connectivity index (χ3v) is 4.99. The number of benzene rings is 3. The van der Waals surface area contributed by atoms with Crippen LogP contribution in [0.1, 0.15) is 28.4 Å². The van der Waals surface area contributed by atoms with Gasteiger partial charge in [-0.15, -0.1) is 0 Å². The standard InChI is InChI=1S/C24H21NO2/c1-2-25-22-10-6-5-9-20(22)21-15-17(11-13-23(21)25)12-14-24(27)19-8-4-3-7-18(19)16-26/h3-15,26H,2,16H2,1H3/b14-12+. The summed E-state index contributed by atoms with van der Waals surface area (Å²) < 4.78 is 2.31. The average molecular weight is 355 g/mol. The van der Waals surface area contributed by atoms with Crippen molar-refractivity contribution in [3.05, 3.63) is 89.5 Å². The van der Waals surface area contributed by atoms with Crippen molar-refractivity contribution in [3.8, 4) is 0 Å². The predicted octanol–water partition coefficient (Wildman–Crippen LogP) is 5.20. The molecule has 0 spiro atoms. The molecular formula is C24H21NO2. The van der Waals surface area contributed by atoms with E-state index in [0.717, 1.165) is 12.1 Å². The maximum atomic E-state index is 12.5. The minimum absolute atomic E-state index is 0.101. The molecule has 0 radical (unpaired) electrons. The van der Waals surface area contributed by atoms with Crippen molar-refractivity contribution in [2.75, 3.05) is 0 Å². The first-order chi connectivity index (χ1) is 13.2. The lowest BCUT2D eigenvalue weighted by molar-refractivity contribution is 0.104. The normalized spacial score (nSPS) is 11.6. The highest BCUT2D eigenvalue weighted by Crippen LogP contribution is 2.30. The monoisotopic (exact) mass is 355 g/mol. The summed E-state index contributed by atoms with van der Waals surface area (Å²) >= 11 is 0. The molecule has 3 heteroatoms. The molecule has 3 aromatic carbocycles. The van der Waals surface area contributed by atoms with Crippen molar-refractivity contribution in [3.63, 3.8) is 0 Å². The number of nitrogens with zero attached hydrogens (tertiary/aromatic N) is 1. The average Bonchev–Trinajstić information content (AvgIpc) is 3.05. The summed E-state index contributed by atoms with van der Waals surface area (Å²) in [6, 6.07) is 21.8. The van der Waals surface area contributed by atoms with Crippen molar-refractivity contribution in [1.29, 1.82) is 0 Å². The number of carbonyl (C=O) groups is 1. The zero-order valence-electron chi connectivity index (χ0n) is 15.2. The van der Waals surface area contributed by atoms with Gasteiger partial charge in [-0.25, -0.2) is 0 Å². The van der Waals surface area contributed by atoms with E-state index in [2.05, 4.69) is 47.9 Å². The third-order valence-electron chi connectivity index (χ3n) is 4.99. The van der Waals surface area contributed by atoms with Gasteiger partial charge in [-0.05, 0) is 42.3 Å². The van der Waals surface area contributed by atoms with Crippen LogP contribution in [0.15, 0.2) is 72.8 Å². The van der Waals surface area contributed by atoms with Crippen molar-refractivity contribution >= 4 is 33.7 Å². The number of carbonyl (C=O) groups excluding carboxylic acids is 1. The molecule has 27 heavy (non-hydrogen) atoms. The van der Waals surface area contributed by atoms with E-state index in [9.17, 15) is 9.90 Å². The largest absolute Gasteiger partial charge is 0.392 e. The van der Waals surface area contributed by atoms with Crippen molar-refractivity contribution < 1.29 is 9.90 Å². The molecular weight excluding hydrogens is 334 g/mol. The van der Waals surface area contributed by atoms with Crippen LogP contribution in [0, 0.1) is 0 Å². The lowest BCUT2D eigenvalue weighted by atomic mass is 10.0. The summed E-state index contributed by atoms with van der Waals surface area (Å²) in [7, 11) is 0. The number of hydrogen-bond acceptors (Lipinski definition) is 2. The quantitative estimate of drug-likeness (QED) is 0.395. The number of aliphatic hydroxyl groups is 1. The van der Waals surface area contributed by atoms with Crippen LogP contribution in [-0.4, -0.2) is 15.5 Å².